The van der Waals surface area contributed by atoms with Crippen LogP contribution in [0.5, 0.6) is 0 Å². The van der Waals surface area contributed by atoms with Crippen LogP contribution in [0.3, 0.4) is 0 Å². The first-order valence-electron chi connectivity index (χ1n) is 5.30. The Balaban J connectivity index is 2.44. The summed E-state index contributed by atoms with van der Waals surface area (Å²) >= 11 is 0. The summed E-state index contributed by atoms with van der Waals surface area (Å²) in [5.74, 6) is 0.219. The van der Waals surface area contributed by atoms with E-state index in [0.717, 1.165) is 13.1 Å². The molecule has 0 aliphatic rings. The maximum absolute atomic E-state index is 11.7. The average Bonchev–Trinajstić information content (AvgIpc) is 2.59. The van der Waals surface area contributed by atoms with Crippen molar-refractivity contribution in [1.29, 1.82) is 0 Å². The Kier molecular flexibility index (Phi) is 4.30. The smallest absolute Gasteiger partial charge is 0.256 e. The second-order valence-electron chi connectivity index (χ2n) is 3.72. The van der Waals surface area contributed by atoms with Crippen LogP contribution in [-0.4, -0.2) is 47.3 Å². The molecule has 6 heteroatoms. The Morgan fingerprint density at radius 1 is 1.69 bits per heavy atom. The van der Waals surface area contributed by atoms with Crippen molar-refractivity contribution in [3.8, 4) is 0 Å². The normalized spacial score (nSPS) is 10.8. The van der Waals surface area contributed by atoms with Crippen molar-refractivity contribution in [3.63, 3.8) is 0 Å². The molecule has 0 aliphatic carbocycles. The lowest BCUT2D eigenvalue weighted by atomic mass is 10.3. The Morgan fingerprint density at radius 3 is 2.88 bits per heavy atom. The molecule has 1 amide bonds. The zero-order valence-electron chi connectivity index (χ0n) is 10.0. The van der Waals surface area contributed by atoms with Crippen molar-refractivity contribution in [2.24, 2.45) is 7.05 Å². The van der Waals surface area contributed by atoms with Gasteiger partial charge in [0.05, 0.1) is 6.20 Å². The summed E-state index contributed by atoms with van der Waals surface area (Å²) in [7, 11) is 3.71. The molecule has 1 heterocycles. The Bertz CT molecular complexity index is 360. The molecule has 1 rings (SSSR count). The van der Waals surface area contributed by atoms with E-state index in [2.05, 4.69) is 22.2 Å². The van der Waals surface area contributed by atoms with Gasteiger partial charge in [-0.25, -0.2) is 0 Å². The summed E-state index contributed by atoms with van der Waals surface area (Å²) < 4.78 is 1.48. The second-order valence-corrected chi connectivity index (χ2v) is 3.72. The first kappa shape index (κ1) is 12.5. The molecule has 0 atom stereocenters. The molecular weight excluding hydrogens is 206 g/mol. The maximum atomic E-state index is 11.7. The van der Waals surface area contributed by atoms with Gasteiger partial charge in [0.1, 0.15) is 11.4 Å². The topological polar surface area (TPSA) is 76.2 Å². The molecule has 0 fully saturated rings. The number of hydrogen-bond donors (Lipinski definition) is 2. The maximum Gasteiger partial charge on any atom is 0.256 e. The Hall–Kier alpha value is -1.56. The summed E-state index contributed by atoms with van der Waals surface area (Å²) in [4.78, 5) is 13.8. The third-order valence-corrected chi connectivity index (χ3v) is 2.55. The number of likely N-dealkylation sites (N-methyl/N-ethyl adjacent to an activating group) is 1. The van der Waals surface area contributed by atoms with Crippen LogP contribution in [0, 0.1) is 0 Å². The fourth-order valence-corrected chi connectivity index (χ4v) is 1.24. The van der Waals surface area contributed by atoms with Crippen LogP contribution in [-0.2, 0) is 7.05 Å². The monoisotopic (exact) mass is 225 g/mol. The van der Waals surface area contributed by atoms with Crippen LogP contribution in [0.2, 0.25) is 0 Å². The van der Waals surface area contributed by atoms with Crippen LogP contribution in [0.4, 0.5) is 5.82 Å². The molecule has 0 radical (unpaired) electrons. The molecule has 0 saturated carbocycles. The number of nitrogens with zero attached hydrogens (tertiary/aromatic N) is 3. The van der Waals surface area contributed by atoms with Crippen LogP contribution in [0.1, 0.15) is 17.3 Å². The minimum atomic E-state index is -0.171. The molecular formula is C10H19N5O. The lowest BCUT2D eigenvalue weighted by Gasteiger charge is -2.13. The number of aryl methyl sites for hydroxylation is 1. The van der Waals surface area contributed by atoms with E-state index in [1.54, 1.807) is 7.05 Å². The molecule has 1 aromatic heterocycles. The van der Waals surface area contributed by atoms with E-state index in [-0.39, 0.29) is 5.91 Å². The number of carbonyl (C=O) groups is 1. The minimum absolute atomic E-state index is 0.171. The van der Waals surface area contributed by atoms with Crippen molar-refractivity contribution in [1.82, 2.24) is 20.0 Å². The van der Waals surface area contributed by atoms with Crippen molar-refractivity contribution in [2.75, 3.05) is 32.4 Å². The van der Waals surface area contributed by atoms with Crippen molar-refractivity contribution in [2.45, 2.75) is 6.92 Å². The van der Waals surface area contributed by atoms with Crippen LogP contribution in [0.15, 0.2) is 6.20 Å². The van der Waals surface area contributed by atoms with Gasteiger partial charge in [0.25, 0.3) is 5.91 Å². The predicted molar refractivity (Wildman–Crippen MR) is 63.1 cm³/mol. The first-order chi connectivity index (χ1) is 7.56. The minimum Gasteiger partial charge on any atom is -0.383 e. The number of nitrogens with one attached hydrogen (secondary N) is 1. The highest BCUT2D eigenvalue weighted by Crippen LogP contribution is 2.08. The van der Waals surface area contributed by atoms with E-state index in [1.807, 2.05) is 7.05 Å². The molecule has 0 spiro atoms. The van der Waals surface area contributed by atoms with E-state index in [0.29, 0.717) is 17.9 Å². The Labute approximate surface area is 95.4 Å². The third kappa shape index (κ3) is 2.96. The number of carbonyl (C=O) groups excluding carboxylic acids is 1. The highest BCUT2D eigenvalue weighted by Gasteiger charge is 2.12. The van der Waals surface area contributed by atoms with Crippen LogP contribution in [0.25, 0.3) is 0 Å². The molecule has 6 nitrogen and oxygen atoms in total. The van der Waals surface area contributed by atoms with Gasteiger partial charge in [-0.2, -0.15) is 5.10 Å². The fraction of sp³-hybridized carbons (Fsp3) is 0.600. The molecule has 0 unspecified atom stereocenters. The molecule has 0 aliphatic heterocycles. The number of hydrogen-bond acceptors (Lipinski definition) is 4. The lowest BCUT2D eigenvalue weighted by Crippen LogP contribution is -2.33. The summed E-state index contributed by atoms with van der Waals surface area (Å²) in [5.41, 5.74) is 6.12. The van der Waals surface area contributed by atoms with E-state index >= 15 is 0 Å². The molecule has 3 N–H and O–H groups in total. The molecule has 1 aromatic rings. The lowest BCUT2D eigenvalue weighted by molar-refractivity contribution is 0.0951. The predicted octanol–water partition coefficient (Wildman–Crippen LogP) is -0.316. The fourth-order valence-electron chi connectivity index (χ4n) is 1.24. The van der Waals surface area contributed by atoms with Crippen molar-refractivity contribution in [3.05, 3.63) is 11.8 Å². The molecule has 0 bridgehead atoms. The number of nitrogen functional groups attached to an aromatic ring is 1. The molecule has 0 saturated heterocycles. The van der Waals surface area contributed by atoms with Gasteiger partial charge in [-0.05, 0) is 13.6 Å². The SMILES string of the molecule is CCN(C)CCNC(=O)c1cnn(C)c1N. The van der Waals surface area contributed by atoms with Gasteiger partial charge in [-0.3, -0.25) is 9.48 Å². The van der Waals surface area contributed by atoms with Crippen LogP contribution < -0.4 is 11.1 Å². The van der Waals surface area contributed by atoms with Gasteiger partial charge in [-0.1, -0.05) is 6.92 Å². The van der Waals surface area contributed by atoms with E-state index in [9.17, 15) is 4.79 Å². The largest absolute Gasteiger partial charge is 0.383 e. The van der Waals surface area contributed by atoms with Gasteiger partial charge in [0.2, 0.25) is 0 Å². The van der Waals surface area contributed by atoms with Gasteiger partial charge in [0.15, 0.2) is 0 Å². The highest BCUT2D eigenvalue weighted by molar-refractivity contribution is 5.98. The van der Waals surface area contributed by atoms with Crippen molar-refractivity contribution >= 4 is 11.7 Å². The van der Waals surface area contributed by atoms with E-state index < -0.39 is 0 Å². The highest BCUT2D eigenvalue weighted by atomic mass is 16.1. The number of nitrogens with two attached hydrogens (primary N) is 1. The number of amides is 1. The number of aromatic nitrogens is 2. The van der Waals surface area contributed by atoms with Crippen LogP contribution >= 0.6 is 0 Å². The average molecular weight is 225 g/mol. The van der Waals surface area contributed by atoms with Gasteiger partial charge in [-0.15, -0.1) is 0 Å². The zero-order chi connectivity index (χ0) is 12.1. The van der Waals surface area contributed by atoms with E-state index in [4.69, 9.17) is 5.73 Å². The number of rotatable bonds is 5. The summed E-state index contributed by atoms with van der Waals surface area (Å²) in [5, 5.41) is 6.72. The molecule has 0 aromatic carbocycles. The molecule has 16 heavy (non-hydrogen) atoms. The van der Waals surface area contributed by atoms with Gasteiger partial charge >= 0.3 is 0 Å². The van der Waals surface area contributed by atoms with Gasteiger partial charge < -0.3 is 16.0 Å². The summed E-state index contributed by atoms with van der Waals surface area (Å²) in [6.07, 6.45) is 1.48. The van der Waals surface area contributed by atoms with E-state index in [1.165, 1.54) is 10.9 Å². The number of anilines is 1. The Morgan fingerprint density at radius 2 is 2.38 bits per heavy atom. The third-order valence-electron chi connectivity index (χ3n) is 2.55. The second kappa shape index (κ2) is 5.50. The summed E-state index contributed by atoms with van der Waals surface area (Å²) in [6, 6.07) is 0. The standard InChI is InChI=1S/C10H19N5O/c1-4-14(2)6-5-12-10(16)8-7-13-15(3)9(8)11/h7H,4-6,11H2,1-3H3,(H,12,16). The zero-order valence-corrected chi connectivity index (χ0v) is 10.0. The van der Waals surface area contributed by atoms with Gasteiger partial charge in [0, 0.05) is 20.1 Å². The first-order valence-corrected chi connectivity index (χ1v) is 5.30. The quantitative estimate of drug-likeness (QED) is 0.720. The van der Waals surface area contributed by atoms with Crippen molar-refractivity contribution < 1.29 is 4.79 Å². The summed E-state index contributed by atoms with van der Waals surface area (Å²) in [6.45, 7) is 4.46. The molecule has 90 valence electrons.